The smallest absolute Gasteiger partial charge is 0.347 e. The van der Waals surface area contributed by atoms with Gasteiger partial charge in [0.1, 0.15) is 15.7 Å². The van der Waals surface area contributed by atoms with Crippen LogP contribution in [-0.2, 0) is 10.2 Å². The summed E-state index contributed by atoms with van der Waals surface area (Å²) < 4.78 is 13.3. The number of carbonyl (C=O) groups excluding carboxylic acids is 1. The number of nitrogens with one attached hydrogen (secondary N) is 1. The molecule has 1 fully saturated rings. The minimum atomic E-state index is -1.01. The molecule has 1 aliphatic rings. The highest BCUT2D eigenvalue weighted by molar-refractivity contribution is 7.13. The summed E-state index contributed by atoms with van der Waals surface area (Å²) in [5.74, 6) is -1.45. The summed E-state index contributed by atoms with van der Waals surface area (Å²) in [6, 6.07) is 5.74. The summed E-state index contributed by atoms with van der Waals surface area (Å²) in [5, 5.41) is 12.7. The Balaban J connectivity index is 1.83. The van der Waals surface area contributed by atoms with Crippen LogP contribution in [0.3, 0.4) is 0 Å². The van der Waals surface area contributed by atoms with Crippen LogP contribution in [0.2, 0.25) is 0 Å². The molecule has 7 heteroatoms. The molecule has 1 aromatic heterocycles. The number of halogens is 1. The van der Waals surface area contributed by atoms with Gasteiger partial charge in [-0.25, -0.2) is 14.2 Å². The number of amides is 1. The van der Waals surface area contributed by atoms with E-state index >= 15 is 0 Å². The van der Waals surface area contributed by atoms with Gasteiger partial charge in [0, 0.05) is 0 Å². The van der Waals surface area contributed by atoms with Gasteiger partial charge in [-0.3, -0.25) is 4.79 Å². The summed E-state index contributed by atoms with van der Waals surface area (Å²) in [6.45, 7) is 3.45. The van der Waals surface area contributed by atoms with Gasteiger partial charge in [0.05, 0.1) is 17.2 Å². The van der Waals surface area contributed by atoms with Crippen molar-refractivity contribution in [3.05, 3.63) is 51.2 Å². The van der Waals surface area contributed by atoms with E-state index in [9.17, 15) is 19.1 Å². The van der Waals surface area contributed by atoms with Gasteiger partial charge in [-0.2, -0.15) is 0 Å². The molecule has 3 rings (SSSR count). The summed E-state index contributed by atoms with van der Waals surface area (Å²) in [6.07, 6.45) is 3.32. The SMILES string of the molecule is Cc1nc(C(C)NC(=O)C2(c3ccc(F)cc3)CCCC2)sc1C(=O)O. The number of carboxylic acid groups (broad SMARTS) is 1. The third kappa shape index (κ3) is 3.35. The number of aromatic carboxylic acids is 1. The van der Waals surface area contributed by atoms with Crippen molar-refractivity contribution < 1.29 is 19.1 Å². The molecule has 0 bridgehead atoms. The Kier molecular flexibility index (Phi) is 5.09. The summed E-state index contributed by atoms with van der Waals surface area (Å²) in [4.78, 5) is 28.8. The number of nitrogens with zero attached hydrogens (tertiary/aromatic N) is 1. The van der Waals surface area contributed by atoms with E-state index in [0.717, 1.165) is 29.7 Å². The lowest BCUT2D eigenvalue weighted by Gasteiger charge is -2.29. The lowest BCUT2D eigenvalue weighted by Crippen LogP contribution is -2.43. The molecular weight excluding hydrogens is 355 g/mol. The lowest BCUT2D eigenvalue weighted by molar-refractivity contribution is -0.127. The molecule has 1 heterocycles. The number of carbonyl (C=O) groups is 2. The molecule has 0 spiro atoms. The van der Waals surface area contributed by atoms with Crippen LogP contribution >= 0.6 is 11.3 Å². The molecular formula is C19H21FN2O3S. The van der Waals surface area contributed by atoms with Crippen LogP contribution in [-0.4, -0.2) is 22.0 Å². The van der Waals surface area contributed by atoms with Crippen molar-refractivity contribution in [2.45, 2.75) is 51.0 Å². The van der Waals surface area contributed by atoms with Crippen molar-refractivity contribution in [3.63, 3.8) is 0 Å². The van der Waals surface area contributed by atoms with Gasteiger partial charge >= 0.3 is 5.97 Å². The molecule has 0 aliphatic heterocycles. The quantitative estimate of drug-likeness (QED) is 0.827. The van der Waals surface area contributed by atoms with E-state index in [4.69, 9.17) is 0 Å². The standard InChI is InChI=1S/C19H21FN2O3S/c1-11-15(17(23)24)26-16(21-11)12(2)22-18(25)19(9-3-4-10-19)13-5-7-14(20)8-6-13/h5-8,12H,3-4,9-10H2,1-2H3,(H,22,25)(H,23,24). The first-order chi connectivity index (χ1) is 12.3. The maximum Gasteiger partial charge on any atom is 0.347 e. The zero-order valence-corrected chi connectivity index (χ0v) is 15.5. The number of hydrogen-bond donors (Lipinski definition) is 2. The van der Waals surface area contributed by atoms with Crippen LogP contribution in [0.5, 0.6) is 0 Å². The molecule has 5 nitrogen and oxygen atoms in total. The van der Waals surface area contributed by atoms with Crippen LogP contribution < -0.4 is 5.32 Å². The van der Waals surface area contributed by atoms with Crippen molar-refractivity contribution in [2.24, 2.45) is 0 Å². The normalized spacial score (nSPS) is 17.0. The Hall–Kier alpha value is -2.28. The molecule has 2 N–H and O–H groups in total. The molecule has 0 radical (unpaired) electrons. The van der Waals surface area contributed by atoms with Gasteiger partial charge in [-0.05, 0) is 44.4 Å². The molecule has 1 saturated carbocycles. The number of hydrogen-bond acceptors (Lipinski definition) is 4. The summed E-state index contributed by atoms with van der Waals surface area (Å²) >= 11 is 1.08. The zero-order valence-electron chi connectivity index (χ0n) is 14.7. The highest BCUT2D eigenvalue weighted by Gasteiger charge is 2.43. The van der Waals surface area contributed by atoms with Gasteiger partial charge in [-0.15, -0.1) is 11.3 Å². The second-order valence-corrected chi connectivity index (χ2v) is 7.79. The molecule has 1 unspecified atom stereocenters. The van der Waals surface area contributed by atoms with Crippen LogP contribution in [0, 0.1) is 12.7 Å². The van der Waals surface area contributed by atoms with Gasteiger partial charge < -0.3 is 10.4 Å². The molecule has 26 heavy (non-hydrogen) atoms. The maximum absolute atomic E-state index is 13.3. The fourth-order valence-electron chi connectivity index (χ4n) is 3.59. The molecule has 1 amide bonds. The van der Waals surface area contributed by atoms with Crippen LogP contribution in [0.15, 0.2) is 24.3 Å². The Morgan fingerprint density at radius 1 is 1.27 bits per heavy atom. The molecule has 0 saturated heterocycles. The first-order valence-electron chi connectivity index (χ1n) is 8.61. The fourth-order valence-corrected chi connectivity index (χ4v) is 4.50. The molecule has 1 aliphatic carbocycles. The highest BCUT2D eigenvalue weighted by Crippen LogP contribution is 2.42. The molecule has 1 aromatic carbocycles. The Labute approximate surface area is 155 Å². The monoisotopic (exact) mass is 376 g/mol. The second-order valence-electron chi connectivity index (χ2n) is 6.76. The first-order valence-corrected chi connectivity index (χ1v) is 9.43. The van der Waals surface area contributed by atoms with E-state index in [1.807, 2.05) is 0 Å². The number of carboxylic acids is 1. The van der Waals surface area contributed by atoms with Crippen LogP contribution in [0.4, 0.5) is 4.39 Å². The minimum absolute atomic E-state index is 0.112. The van der Waals surface area contributed by atoms with Gasteiger partial charge in [0.25, 0.3) is 0 Å². The van der Waals surface area contributed by atoms with Crippen molar-refractivity contribution in [1.82, 2.24) is 10.3 Å². The van der Waals surface area contributed by atoms with Crippen molar-refractivity contribution in [1.29, 1.82) is 0 Å². The molecule has 138 valence electrons. The van der Waals surface area contributed by atoms with Crippen molar-refractivity contribution in [3.8, 4) is 0 Å². The largest absolute Gasteiger partial charge is 0.477 e. The average molecular weight is 376 g/mol. The predicted molar refractivity (Wildman–Crippen MR) is 96.9 cm³/mol. The van der Waals surface area contributed by atoms with Gasteiger partial charge in [-0.1, -0.05) is 25.0 Å². The highest BCUT2D eigenvalue weighted by atomic mass is 32.1. The predicted octanol–water partition coefficient (Wildman–Crippen LogP) is 3.98. The van der Waals surface area contributed by atoms with E-state index < -0.39 is 17.4 Å². The van der Waals surface area contributed by atoms with E-state index in [1.165, 1.54) is 12.1 Å². The van der Waals surface area contributed by atoms with Gasteiger partial charge in [0.15, 0.2) is 0 Å². The first kappa shape index (κ1) is 18.5. The van der Waals surface area contributed by atoms with E-state index in [-0.39, 0.29) is 16.6 Å². The number of thiazole rings is 1. The third-order valence-electron chi connectivity index (χ3n) is 5.01. The Morgan fingerprint density at radius 3 is 2.42 bits per heavy atom. The van der Waals surface area contributed by atoms with Crippen LogP contribution in [0.25, 0.3) is 0 Å². The van der Waals surface area contributed by atoms with E-state index in [0.29, 0.717) is 23.5 Å². The van der Waals surface area contributed by atoms with E-state index in [1.54, 1.807) is 26.0 Å². The van der Waals surface area contributed by atoms with Crippen molar-refractivity contribution >= 4 is 23.2 Å². The second kappa shape index (κ2) is 7.15. The number of aryl methyl sites for hydroxylation is 1. The molecule has 1 atom stereocenters. The Morgan fingerprint density at radius 2 is 1.88 bits per heavy atom. The van der Waals surface area contributed by atoms with E-state index in [2.05, 4.69) is 10.3 Å². The minimum Gasteiger partial charge on any atom is -0.477 e. The summed E-state index contributed by atoms with van der Waals surface area (Å²) in [7, 11) is 0. The van der Waals surface area contributed by atoms with Crippen molar-refractivity contribution in [2.75, 3.05) is 0 Å². The third-order valence-corrected chi connectivity index (χ3v) is 6.34. The molecule has 2 aromatic rings. The number of rotatable bonds is 5. The fraction of sp³-hybridized carbons (Fsp3) is 0.421. The van der Waals surface area contributed by atoms with Gasteiger partial charge in [0.2, 0.25) is 5.91 Å². The van der Waals surface area contributed by atoms with Crippen LogP contribution in [0.1, 0.15) is 64.6 Å². The number of benzene rings is 1. The number of aromatic nitrogens is 1. The average Bonchev–Trinajstić information content (AvgIpc) is 3.23. The Bertz CT molecular complexity index is 826. The topological polar surface area (TPSA) is 79.3 Å². The lowest BCUT2D eigenvalue weighted by atomic mass is 9.78. The summed E-state index contributed by atoms with van der Waals surface area (Å²) in [5.41, 5.74) is 0.611. The maximum atomic E-state index is 13.3. The zero-order chi connectivity index (χ0) is 18.9.